The van der Waals surface area contributed by atoms with Gasteiger partial charge in [-0.25, -0.2) is 0 Å². The van der Waals surface area contributed by atoms with Gasteiger partial charge < -0.3 is 9.42 Å². The number of carbonyl (C=O) groups excluding carboxylic acids is 1. The summed E-state index contributed by atoms with van der Waals surface area (Å²) in [5.74, 6) is 1.52. The van der Waals surface area contributed by atoms with Crippen molar-refractivity contribution in [1.82, 2.24) is 10.1 Å². The topological polar surface area (TPSA) is 46.3 Å². The predicted molar refractivity (Wildman–Crippen MR) is 89.5 cm³/mol. The molecule has 0 bridgehead atoms. The van der Waals surface area contributed by atoms with Crippen LogP contribution in [0.4, 0.5) is 0 Å². The van der Waals surface area contributed by atoms with E-state index >= 15 is 0 Å². The van der Waals surface area contributed by atoms with Gasteiger partial charge in [0.05, 0.1) is 0 Å². The molecule has 4 heteroatoms. The van der Waals surface area contributed by atoms with Gasteiger partial charge >= 0.3 is 0 Å². The molecule has 0 radical (unpaired) electrons. The van der Waals surface area contributed by atoms with E-state index in [0.717, 1.165) is 25.1 Å². The zero-order valence-electron chi connectivity index (χ0n) is 14.0. The third-order valence-corrected chi connectivity index (χ3v) is 4.72. The van der Waals surface area contributed by atoms with E-state index in [1.807, 2.05) is 24.8 Å². The summed E-state index contributed by atoms with van der Waals surface area (Å²) in [6.07, 6.45) is 1.99. The van der Waals surface area contributed by atoms with Crippen LogP contribution in [0.5, 0.6) is 0 Å². The van der Waals surface area contributed by atoms with Crippen LogP contribution in [-0.4, -0.2) is 28.6 Å². The first-order valence-electron chi connectivity index (χ1n) is 8.38. The summed E-state index contributed by atoms with van der Waals surface area (Å²) < 4.78 is 5.27. The Labute approximate surface area is 137 Å². The van der Waals surface area contributed by atoms with Crippen molar-refractivity contribution >= 4 is 5.91 Å². The molecule has 1 aromatic heterocycles. The van der Waals surface area contributed by atoms with E-state index in [-0.39, 0.29) is 17.9 Å². The van der Waals surface area contributed by atoms with E-state index in [1.165, 1.54) is 5.56 Å². The number of hydrogen-bond donors (Lipinski definition) is 0. The molecule has 3 rings (SSSR count). The summed E-state index contributed by atoms with van der Waals surface area (Å²) in [6.45, 7) is 6.95. The van der Waals surface area contributed by atoms with Gasteiger partial charge in [-0.3, -0.25) is 4.79 Å². The molecule has 4 nitrogen and oxygen atoms in total. The van der Waals surface area contributed by atoms with E-state index < -0.39 is 0 Å². The lowest BCUT2D eigenvalue weighted by Crippen LogP contribution is -2.44. The molecule has 2 aromatic rings. The summed E-state index contributed by atoms with van der Waals surface area (Å²) in [4.78, 5) is 14.6. The Morgan fingerprint density at radius 1 is 1.30 bits per heavy atom. The lowest BCUT2D eigenvalue weighted by molar-refractivity contribution is 0.0605. The normalized spacial score (nSPS) is 21.7. The Balaban J connectivity index is 1.69. The standard InChI is InChI=1S/C19H24N2O2/c1-13(2)18-12-17(20-23-18)19(22)21-10-9-16(11-14(21)3)15-7-5-4-6-8-15/h4-8,12-14,16H,9-11H2,1-3H3/t14-,16-/m1/s1. The van der Waals surface area contributed by atoms with E-state index in [2.05, 4.69) is 36.3 Å². The Bertz CT molecular complexity index is 663. The number of piperidine rings is 1. The van der Waals surface area contributed by atoms with Crippen molar-refractivity contribution in [1.29, 1.82) is 0 Å². The maximum atomic E-state index is 12.7. The van der Waals surface area contributed by atoms with Crippen molar-refractivity contribution in [2.45, 2.75) is 51.5 Å². The first kappa shape index (κ1) is 15.8. The summed E-state index contributed by atoms with van der Waals surface area (Å²) in [5, 5.41) is 3.96. The zero-order valence-corrected chi connectivity index (χ0v) is 14.0. The van der Waals surface area contributed by atoms with E-state index in [9.17, 15) is 4.79 Å². The second-order valence-electron chi connectivity index (χ2n) is 6.75. The average molecular weight is 312 g/mol. The van der Waals surface area contributed by atoms with Gasteiger partial charge in [-0.15, -0.1) is 0 Å². The minimum absolute atomic E-state index is 0.0142. The van der Waals surface area contributed by atoms with E-state index in [0.29, 0.717) is 11.6 Å². The van der Waals surface area contributed by atoms with Crippen LogP contribution in [0, 0.1) is 0 Å². The fraction of sp³-hybridized carbons (Fsp3) is 0.474. The molecule has 122 valence electrons. The maximum Gasteiger partial charge on any atom is 0.276 e. The third-order valence-electron chi connectivity index (χ3n) is 4.72. The highest BCUT2D eigenvalue weighted by atomic mass is 16.5. The van der Waals surface area contributed by atoms with Crippen LogP contribution in [0.25, 0.3) is 0 Å². The summed E-state index contributed by atoms with van der Waals surface area (Å²) >= 11 is 0. The Morgan fingerprint density at radius 3 is 2.65 bits per heavy atom. The first-order valence-corrected chi connectivity index (χ1v) is 8.38. The van der Waals surface area contributed by atoms with Gasteiger partial charge in [0.15, 0.2) is 5.69 Å². The summed E-state index contributed by atoms with van der Waals surface area (Å²) in [6, 6.07) is 12.6. The van der Waals surface area contributed by atoms with Crippen molar-refractivity contribution < 1.29 is 9.32 Å². The van der Waals surface area contributed by atoms with Crippen LogP contribution < -0.4 is 0 Å². The molecule has 0 spiro atoms. The first-order chi connectivity index (χ1) is 11.1. The van der Waals surface area contributed by atoms with Gasteiger partial charge in [0.1, 0.15) is 5.76 Å². The third kappa shape index (κ3) is 3.31. The highest BCUT2D eigenvalue weighted by molar-refractivity contribution is 5.92. The van der Waals surface area contributed by atoms with Gasteiger partial charge in [0.2, 0.25) is 0 Å². The fourth-order valence-corrected chi connectivity index (χ4v) is 3.31. The molecule has 2 atom stereocenters. The van der Waals surface area contributed by atoms with Gasteiger partial charge in [0, 0.05) is 24.6 Å². The smallest absolute Gasteiger partial charge is 0.276 e. The molecule has 23 heavy (non-hydrogen) atoms. The predicted octanol–water partition coefficient (Wildman–Crippen LogP) is 4.21. The molecule has 1 aliphatic heterocycles. The van der Waals surface area contributed by atoms with Crippen molar-refractivity contribution in [3.8, 4) is 0 Å². The minimum atomic E-state index is -0.0142. The molecule has 0 unspecified atom stereocenters. The molecule has 0 N–H and O–H groups in total. The Kier molecular flexibility index (Phi) is 4.51. The summed E-state index contributed by atoms with van der Waals surface area (Å²) in [7, 11) is 0. The summed E-state index contributed by atoms with van der Waals surface area (Å²) in [5.41, 5.74) is 1.80. The highest BCUT2D eigenvalue weighted by Gasteiger charge is 2.31. The number of carbonyl (C=O) groups is 1. The van der Waals surface area contributed by atoms with Crippen molar-refractivity contribution in [3.05, 3.63) is 53.4 Å². The number of amides is 1. The van der Waals surface area contributed by atoms with Crippen LogP contribution >= 0.6 is 0 Å². The van der Waals surface area contributed by atoms with Crippen LogP contribution in [0.15, 0.2) is 40.9 Å². The highest BCUT2D eigenvalue weighted by Crippen LogP contribution is 2.32. The maximum absolute atomic E-state index is 12.7. The number of rotatable bonds is 3. The Hall–Kier alpha value is -2.10. The molecular weight excluding hydrogens is 288 g/mol. The lowest BCUT2D eigenvalue weighted by Gasteiger charge is -2.37. The van der Waals surface area contributed by atoms with E-state index in [1.54, 1.807) is 6.07 Å². The molecule has 1 aliphatic rings. The molecule has 1 aromatic carbocycles. The molecule has 1 fully saturated rings. The number of benzene rings is 1. The van der Waals surface area contributed by atoms with Crippen LogP contribution in [0.1, 0.15) is 67.3 Å². The monoisotopic (exact) mass is 312 g/mol. The van der Waals surface area contributed by atoms with Crippen molar-refractivity contribution in [2.24, 2.45) is 0 Å². The van der Waals surface area contributed by atoms with Gasteiger partial charge in [-0.05, 0) is 31.2 Å². The molecule has 1 amide bonds. The fourth-order valence-electron chi connectivity index (χ4n) is 3.31. The average Bonchev–Trinajstić information content (AvgIpc) is 3.05. The largest absolute Gasteiger partial charge is 0.360 e. The molecule has 0 aliphatic carbocycles. The van der Waals surface area contributed by atoms with Crippen LogP contribution in [-0.2, 0) is 0 Å². The lowest BCUT2D eigenvalue weighted by atomic mass is 9.86. The number of aromatic nitrogens is 1. The second kappa shape index (κ2) is 6.57. The number of likely N-dealkylation sites (tertiary alicyclic amines) is 1. The molecule has 2 heterocycles. The van der Waals surface area contributed by atoms with Crippen molar-refractivity contribution in [3.63, 3.8) is 0 Å². The van der Waals surface area contributed by atoms with Gasteiger partial charge in [-0.1, -0.05) is 49.3 Å². The minimum Gasteiger partial charge on any atom is -0.360 e. The van der Waals surface area contributed by atoms with Crippen molar-refractivity contribution in [2.75, 3.05) is 6.54 Å². The SMILES string of the molecule is CC(C)c1cc(C(=O)N2CC[C@@H](c3ccccc3)C[C@H]2C)no1. The molecular formula is C19H24N2O2. The zero-order chi connectivity index (χ0) is 16.4. The van der Waals surface area contributed by atoms with Gasteiger partial charge in [0.25, 0.3) is 5.91 Å². The van der Waals surface area contributed by atoms with Gasteiger partial charge in [-0.2, -0.15) is 0 Å². The molecule has 1 saturated heterocycles. The van der Waals surface area contributed by atoms with Crippen LogP contribution in [0.2, 0.25) is 0 Å². The van der Waals surface area contributed by atoms with Crippen LogP contribution in [0.3, 0.4) is 0 Å². The Morgan fingerprint density at radius 2 is 2.04 bits per heavy atom. The van der Waals surface area contributed by atoms with E-state index in [4.69, 9.17) is 4.52 Å². The number of hydrogen-bond acceptors (Lipinski definition) is 3. The molecule has 0 saturated carbocycles. The number of nitrogens with zero attached hydrogens (tertiary/aromatic N) is 2. The second-order valence-corrected chi connectivity index (χ2v) is 6.75. The quantitative estimate of drug-likeness (QED) is 0.853.